The van der Waals surface area contributed by atoms with Crippen molar-refractivity contribution >= 4 is 16.8 Å². The van der Waals surface area contributed by atoms with E-state index in [1.54, 1.807) is 0 Å². The van der Waals surface area contributed by atoms with Crippen LogP contribution in [0.1, 0.15) is 56.5 Å². The molecule has 30 heavy (non-hydrogen) atoms. The summed E-state index contributed by atoms with van der Waals surface area (Å²) in [6.45, 7) is 7.37. The molecule has 1 N–H and O–H groups in total. The molecule has 1 aliphatic carbocycles. The van der Waals surface area contributed by atoms with Gasteiger partial charge in [0, 0.05) is 22.1 Å². The highest BCUT2D eigenvalue weighted by Crippen LogP contribution is 2.30. The SMILES string of the molecule is Cc1ccc(-c2nc(COC3CCCC(CS(=O)C(C)(C)C(=O)O)C3)c(C)o2)cc1. The number of nitrogens with zero attached hydrogens (tertiary/aromatic N) is 1. The molecule has 0 amide bonds. The molecule has 1 fully saturated rings. The van der Waals surface area contributed by atoms with Gasteiger partial charge in [-0.3, -0.25) is 9.00 Å². The lowest BCUT2D eigenvalue weighted by atomic mass is 9.88. The van der Waals surface area contributed by atoms with Crippen LogP contribution in [0.5, 0.6) is 0 Å². The largest absolute Gasteiger partial charge is 0.480 e. The van der Waals surface area contributed by atoms with Crippen molar-refractivity contribution in [2.24, 2.45) is 5.92 Å². The first kappa shape index (κ1) is 22.7. The van der Waals surface area contributed by atoms with Crippen LogP contribution in [0.4, 0.5) is 0 Å². The van der Waals surface area contributed by atoms with Crippen LogP contribution in [-0.4, -0.2) is 36.9 Å². The maximum absolute atomic E-state index is 12.5. The van der Waals surface area contributed by atoms with E-state index in [1.807, 2.05) is 38.1 Å². The van der Waals surface area contributed by atoms with Crippen LogP contribution < -0.4 is 0 Å². The monoisotopic (exact) mass is 433 g/mol. The number of hydrogen-bond donors (Lipinski definition) is 1. The Labute approximate surface area is 180 Å². The van der Waals surface area contributed by atoms with Crippen molar-refractivity contribution in [3.8, 4) is 11.5 Å². The average molecular weight is 434 g/mol. The molecule has 6 nitrogen and oxygen atoms in total. The van der Waals surface area contributed by atoms with E-state index in [0.717, 1.165) is 42.7 Å². The second-order valence-electron chi connectivity index (χ2n) is 8.68. The van der Waals surface area contributed by atoms with Gasteiger partial charge in [0.1, 0.15) is 16.2 Å². The first-order chi connectivity index (χ1) is 14.2. The third kappa shape index (κ3) is 5.38. The Hall–Kier alpha value is -1.99. The Morgan fingerprint density at radius 2 is 1.97 bits per heavy atom. The van der Waals surface area contributed by atoms with E-state index in [2.05, 4.69) is 4.98 Å². The van der Waals surface area contributed by atoms with Gasteiger partial charge in [0.25, 0.3) is 0 Å². The molecule has 2 aromatic rings. The molecule has 1 heterocycles. The highest BCUT2D eigenvalue weighted by Gasteiger charge is 2.36. The molecule has 0 bridgehead atoms. The Bertz CT molecular complexity index is 903. The zero-order valence-electron chi connectivity index (χ0n) is 18.1. The minimum atomic E-state index is -1.42. The number of rotatable bonds is 8. The fraction of sp³-hybridized carbons (Fsp3) is 0.565. The molecule has 7 heteroatoms. The summed E-state index contributed by atoms with van der Waals surface area (Å²) in [4.78, 5) is 16.0. The Morgan fingerprint density at radius 3 is 2.63 bits per heavy atom. The lowest BCUT2D eigenvalue weighted by molar-refractivity contribution is -0.139. The van der Waals surface area contributed by atoms with Crippen molar-refractivity contribution in [3.05, 3.63) is 41.3 Å². The van der Waals surface area contributed by atoms with E-state index >= 15 is 0 Å². The first-order valence-electron chi connectivity index (χ1n) is 10.4. The van der Waals surface area contributed by atoms with Crippen molar-refractivity contribution < 1.29 is 23.3 Å². The third-order valence-corrected chi connectivity index (χ3v) is 7.94. The number of benzene rings is 1. The molecule has 0 aliphatic heterocycles. The zero-order valence-corrected chi connectivity index (χ0v) is 19.0. The number of aromatic nitrogens is 1. The fourth-order valence-corrected chi connectivity index (χ4v) is 4.98. The number of carboxylic acids is 1. The Kier molecular flexibility index (Phi) is 7.14. The summed E-state index contributed by atoms with van der Waals surface area (Å²) in [5.74, 6) is 0.945. The lowest BCUT2D eigenvalue weighted by Gasteiger charge is -2.30. The van der Waals surface area contributed by atoms with Gasteiger partial charge in [-0.05, 0) is 65.0 Å². The van der Waals surface area contributed by atoms with E-state index < -0.39 is 21.5 Å². The number of oxazole rings is 1. The van der Waals surface area contributed by atoms with Crippen LogP contribution in [0.2, 0.25) is 0 Å². The zero-order chi connectivity index (χ0) is 21.9. The van der Waals surface area contributed by atoms with Crippen molar-refractivity contribution in [1.82, 2.24) is 4.98 Å². The van der Waals surface area contributed by atoms with Gasteiger partial charge in [-0.2, -0.15) is 0 Å². The molecular formula is C23H31NO5S. The van der Waals surface area contributed by atoms with E-state index in [0.29, 0.717) is 18.3 Å². The molecule has 1 aromatic carbocycles. The maximum Gasteiger partial charge on any atom is 0.321 e. The molecule has 0 saturated heterocycles. The van der Waals surface area contributed by atoms with Gasteiger partial charge in [-0.1, -0.05) is 24.1 Å². The normalized spacial score (nSPS) is 20.8. The number of hydrogen-bond acceptors (Lipinski definition) is 5. The van der Waals surface area contributed by atoms with Gasteiger partial charge in [-0.25, -0.2) is 4.98 Å². The van der Waals surface area contributed by atoms with Crippen LogP contribution in [0, 0.1) is 19.8 Å². The quantitative estimate of drug-likeness (QED) is 0.652. The molecular weight excluding hydrogens is 402 g/mol. The Balaban J connectivity index is 1.56. The second kappa shape index (κ2) is 9.43. The topological polar surface area (TPSA) is 89.6 Å². The van der Waals surface area contributed by atoms with Gasteiger partial charge in [0.15, 0.2) is 0 Å². The van der Waals surface area contributed by atoms with Gasteiger partial charge >= 0.3 is 5.97 Å². The maximum atomic E-state index is 12.5. The van der Waals surface area contributed by atoms with Gasteiger partial charge < -0.3 is 14.3 Å². The van der Waals surface area contributed by atoms with Crippen LogP contribution in [0.3, 0.4) is 0 Å². The van der Waals surface area contributed by atoms with Gasteiger partial charge in [0.2, 0.25) is 5.89 Å². The summed E-state index contributed by atoms with van der Waals surface area (Å²) in [5, 5.41) is 9.29. The summed E-state index contributed by atoms with van der Waals surface area (Å²) in [5.41, 5.74) is 2.92. The minimum absolute atomic E-state index is 0.0626. The van der Waals surface area contributed by atoms with Crippen LogP contribution >= 0.6 is 0 Å². The molecule has 3 unspecified atom stereocenters. The van der Waals surface area contributed by atoms with Gasteiger partial charge in [0.05, 0.1) is 12.7 Å². The second-order valence-corrected chi connectivity index (χ2v) is 10.7. The molecule has 164 valence electrons. The van der Waals surface area contributed by atoms with E-state index in [4.69, 9.17) is 9.15 Å². The van der Waals surface area contributed by atoms with Crippen molar-refractivity contribution in [2.45, 2.75) is 70.8 Å². The standard InChI is InChI=1S/C23H31NO5S/c1-15-8-10-18(11-9-15)21-24-20(16(2)29-21)13-28-19-7-5-6-17(12-19)14-30(27)23(3,4)22(25)26/h8-11,17,19H,5-7,12-14H2,1-4H3,(H,25,26). The third-order valence-electron chi connectivity index (χ3n) is 5.85. The van der Waals surface area contributed by atoms with Gasteiger partial charge in [-0.15, -0.1) is 0 Å². The number of aryl methyl sites for hydroxylation is 2. The highest BCUT2D eigenvalue weighted by molar-refractivity contribution is 7.87. The van der Waals surface area contributed by atoms with Crippen LogP contribution in [0.25, 0.3) is 11.5 Å². The number of ether oxygens (including phenoxy) is 1. The fourth-order valence-electron chi connectivity index (χ4n) is 3.64. The number of carbonyl (C=O) groups is 1. The molecule has 3 atom stereocenters. The predicted molar refractivity (Wildman–Crippen MR) is 117 cm³/mol. The number of carboxylic acid groups (broad SMARTS) is 1. The summed E-state index contributed by atoms with van der Waals surface area (Å²) in [7, 11) is -1.42. The molecule has 0 spiro atoms. The molecule has 1 aromatic heterocycles. The summed E-state index contributed by atoms with van der Waals surface area (Å²) >= 11 is 0. The van der Waals surface area contributed by atoms with E-state index in [-0.39, 0.29) is 12.0 Å². The number of aliphatic carboxylic acids is 1. The Morgan fingerprint density at radius 1 is 1.27 bits per heavy atom. The summed E-state index contributed by atoms with van der Waals surface area (Å²) in [6.07, 6.45) is 3.76. The average Bonchev–Trinajstić information content (AvgIpc) is 3.07. The first-order valence-corrected chi connectivity index (χ1v) is 11.8. The molecule has 3 rings (SSSR count). The van der Waals surface area contributed by atoms with E-state index in [9.17, 15) is 14.1 Å². The highest BCUT2D eigenvalue weighted by atomic mass is 32.2. The lowest BCUT2D eigenvalue weighted by Crippen LogP contribution is -2.40. The summed E-state index contributed by atoms with van der Waals surface area (Å²) < 4.78 is 23.3. The predicted octanol–water partition coefficient (Wildman–Crippen LogP) is 4.65. The van der Waals surface area contributed by atoms with E-state index in [1.165, 1.54) is 19.4 Å². The molecule has 1 aliphatic rings. The molecule has 0 radical (unpaired) electrons. The molecule has 1 saturated carbocycles. The minimum Gasteiger partial charge on any atom is -0.480 e. The summed E-state index contributed by atoms with van der Waals surface area (Å²) in [6, 6.07) is 8.05. The smallest absolute Gasteiger partial charge is 0.321 e. The van der Waals surface area contributed by atoms with Crippen LogP contribution in [-0.2, 0) is 26.9 Å². The van der Waals surface area contributed by atoms with Crippen molar-refractivity contribution in [2.75, 3.05) is 5.75 Å². The van der Waals surface area contributed by atoms with Crippen LogP contribution in [0.15, 0.2) is 28.7 Å². The van der Waals surface area contributed by atoms with Crippen molar-refractivity contribution in [1.29, 1.82) is 0 Å². The van der Waals surface area contributed by atoms with Crippen molar-refractivity contribution in [3.63, 3.8) is 0 Å².